The van der Waals surface area contributed by atoms with Crippen LogP contribution >= 0.6 is 11.3 Å². The number of hydrogen-bond acceptors (Lipinski definition) is 6. The highest BCUT2D eigenvalue weighted by atomic mass is 32.1. The lowest BCUT2D eigenvalue weighted by atomic mass is 10.2. The lowest BCUT2D eigenvalue weighted by Crippen LogP contribution is -2.01. The van der Waals surface area contributed by atoms with Gasteiger partial charge in [-0.15, -0.1) is 11.3 Å². The van der Waals surface area contributed by atoms with Crippen LogP contribution in [0.5, 0.6) is 0 Å². The molecular weight excluding hydrogens is 385 g/mol. The Morgan fingerprint density at radius 1 is 0.966 bits per heavy atom. The smallest absolute Gasteiger partial charge is 0.162 e. The van der Waals surface area contributed by atoms with Gasteiger partial charge in [-0.25, -0.2) is 19.3 Å². The Morgan fingerprint density at radius 2 is 1.83 bits per heavy atom. The number of hydrogen-bond donors (Lipinski definition) is 1. The molecular formula is C22H16FN5S. The molecule has 0 atom stereocenters. The van der Waals surface area contributed by atoms with Crippen molar-refractivity contribution in [2.24, 2.45) is 0 Å². The van der Waals surface area contributed by atoms with Gasteiger partial charge >= 0.3 is 0 Å². The molecule has 142 valence electrons. The molecule has 0 aliphatic carbocycles. The van der Waals surface area contributed by atoms with E-state index in [2.05, 4.69) is 32.2 Å². The second-order valence-corrected chi connectivity index (χ2v) is 7.65. The fourth-order valence-electron chi connectivity index (χ4n) is 3.20. The predicted molar refractivity (Wildman–Crippen MR) is 115 cm³/mol. The first-order chi connectivity index (χ1) is 14.2. The molecule has 29 heavy (non-hydrogen) atoms. The number of halogens is 1. The van der Waals surface area contributed by atoms with Crippen LogP contribution in [-0.4, -0.2) is 19.9 Å². The molecule has 5 nitrogen and oxygen atoms in total. The van der Waals surface area contributed by atoms with Crippen LogP contribution in [0.4, 0.5) is 15.9 Å². The van der Waals surface area contributed by atoms with Gasteiger partial charge in [-0.1, -0.05) is 13.0 Å². The zero-order valence-corrected chi connectivity index (χ0v) is 16.4. The Morgan fingerprint density at radius 3 is 2.66 bits per heavy atom. The van der Waals surface area contributed by atoms with Gasteiger partial charge in [0, 0.05) is 23.6 Å². The van der Waals surface area contributed by atoms with Gasteiger partial charge in [0.1, 0.15) is 11.6 Å². The average Bonchev–Trinajstić information content (AvgIpc) is 3.17. The second kappa shape index (κ2) is 7.18. The fraction of sp³-hybridized carbons (Fsp3) is 0.0909. The molecule has 1 N–H and O–H groups in total. The third-order valence-electron chi connectivity index (χ3n) is 4.61. The summed E-state index contributed by atoms with van der Waals surface area (Å²) >= 11 is 1.66. The van der Waals surface area contributed by atoms with E-state index in [0.717, 1.165) is 32.9 Å². The van der Waals surface area contributed by atoms with Gasteiger partial charge in [0.25, 0.3) is 0 Å². The molecule has 2 aromatic carbocycles. The minimum Gasteiger partial charge on any atom is -0.339 e. The summed E-state index contributed by atoms with van der Waals surface area (Å²) in [4.78, 5) is 17.8. The molecule has 5 rings (SSSR count). The SMILES string of the molecule is CCc1nc2ccc(Nc3nc(-c4ccncc4)nc4cccc(F)c34)cc2s1. The van der Waals surface area contributed by atoms with Gasteiger partial charge in [0.05, 0.1) is 26.1 Å². The number of nitrogens with one attached hydrogen (secondary N) is 1. The second-order valence-electron chi connectivity index (χ2n) is 6.53. The Kier molecular flexibility index (Phi) is 4.37. The van der Waals surface area contributed by atoms with Crippen molar-refractivity contribution < 1.29 is 4.39 Å². The summed E-state index contributed by atoms with van der Waals surface area (Å²) in [5.41, 5.74) is 3.16. The number of aryl methyl sites for hydroxylation is 1. The van der Waals surface area contributed by atoms with Crippen molar-refractivity contribution in [2.45, 2.75) is 13.3 Å². The molecule has 0 aliphatic rings. The maximum Gasteiger partial charge on any atom is 0.162 e. The summed E-state index contributed by atoms with van der Waals surface area (Å²) in [6, 6.07) is 14.4. The molecule has 0 amide bonds. The molecule has 0 bridgehead atoms. The van der Waals surface area contributed by atoms with E-state index in [-0.39, 0.29) is 5.82 Å². The van der Waals surface area contributed by atoms with Crippen LogP contribution in [0.2, 0.25) is 0 Å². The molecule has 0 spiro atoms. The summed E-state index contributed by atoms with van der Waals surface area (Å²) in [5.74, 6) is 0.582. The van der Waals surface area contributed by atoms with Crippen molar-refractivity contribution in [2.75, 3.05) is 5.32 Å². The summed E-state index contributed by atoms with van der Waals surface area (Å²) in [5, 5.41) is 4.75. The third kappa shape index (κ3) is 3.30. The van der Waals surface area contributed by atoms with Gasteiger partial charge in [0.15, 0.2) is 5.82 Å². The molecule has 0 fully saturated rings. The minimum absolute atomic E-state index is 0.363. The first-order valence-corrected chi connectivity index (χ1v) is 10.1. The largest absolute Gasteiger partial charge is 0.339 e. The summed E-state index contributed by atoms with van der Waals surface area (Å²) < 4.78 is 15.7. The van der Waals surface area contributed by atoms with Crippen LogP contribution < -0.4 is 5.32 Å². The van der Waals surface area contributed by atoms with Crippen LogP contribution in [0, 0.1) is 5.82 Å². The zero-order valence-electron chi connectivity index (χ0n) is 15.6. The molecule has 0 radical (unpaired) electrons. The minimum atomic E-state index is -0.363. The Hall–Kier alpha value is -3.45. The highest BCUT2D eigenvalue weighted by Gasteiger charge is 2.14. The van der Waals surface area contributed by atoms with E-state index in [1.54, 1.807) is 35.9 Å². The highest BCUT2D eigenvalue weighted by Crippen LogP contribution is 2.31. The van der Waals surface area contributed by atoms with Crippen LogP contribution in [0.1, 0.15) is 11.9 Å². The lowest BCUT2D eigenvalue weighted by molar-refractivity contribution is 0.639. The number of fused-ring (bicyclic) bond motifs is 2. The van der Waals surface area contributed by atoms with Crippen LogP contribution in [0.25, 0.3) is 32.5 Å². The Balaban J connectivity index is 1.65. The van der Waals surface area contributed by atoms with Crippen LogP contribution in [0.15, 0.2) is 60.9 Å². The summed E-state index contributed by atoms with van der Waals surface area (Å²) in [7, 11) is 0. The molecule has 3 aromatic heterocycles. The van der Waals surface area contributed by atoms with E-state index in [4.69, 9.17) is 0 Å². The highest BCUT2D eigenvalue weighted by molar-refractivity contribution is 7.18. The van der Waals surface area contributed by atoms with Crippen molar-refractivity contribution >= 4 is 44.0 Å². The maximum absolute atomic E-state index is 14.6. The van der Waals surface area contributed by atoms with Crippen LogP contribution in [-0.2, 0) is 6.42 Å². The third-order valence-corrected chi connectivity index (χ3v) is 5.77. The number of rotatable bonds is 4. The van der Waals surface area contributed by atoms with Crippen molar-refractivity contribution in [1.29, 1.82) is 0 Å². The van der Waals surface area contributed by atoms with Gasteiger partial charge in [-0.3, -0.25) is 4.98 Å². The number of aromatic nitrogens is 4. The summed E-state index contributed by atoms with van der Waals surface area (Å²) in [6.07, 6.45) is 4.27. The van der Waals surface area contributed by atoms with E-state index < -0.39 is 0 Å². The quantitative estimate of drug-likeness (QED) is 0.416. The van der Waals surface area contributed by atoms with E-state index in [1.165, 1.54) is 6.07 Å². The zero-order chi connectivity index (χ0) is 19.8. The molecule has 7 heteroatoms. The van der Waals surface area contributed by atoms with E-state index in [1.807, 2.05) is 30.3 Å². The predicted octanol–water partition coefficient (Wildman–Crippen LogP) is 5.75. The normalized spacial score (nSPS) is 11.2. The number of benzene rings is 2. The average molecular weight is 401 g/mol. The maximum atomic E-state index is 14.6. The molecule has 0 saturated heterocycles. The van der Waals surface area contributed by atoms with Crippen molar-refractivity contribution in [3.63, 3.8) is 0 Å². The van der Waals surface area contributed by atoms with Crippen molar-refractivity contribution in [1.82, 2.24) is 19.9 Å². The number of nitrogens with zero attached hydrogens (tertiary/aromatic N) is 4. The topological polar surface area (TPSA) is 63.6 Å². The standard InChI is InChI=1S/C22H16FN5S/c1-2-19-26-16-7-6-14(12-18(16)29-19)25-22-20-15(23)4-3-5-17(20)27-21(28-22)13-8-10-24-11-9-13/h3-12H,2H2,1H3,(H,25,27,28). The number of thiazole rings is 1. The Bertz CT molecular complexity index is 1330. The molecule has 5 aromatic rings. The molecule has 3 heterocycles. The van der Waals surface area contributed by atoms with Gasteiger partial charge < -0.3 is 5.32 Å². The van der Waals surface area contributed by atoms with E-state index in [9.17, 15) is 4.39 Å². The van der Waals surface area contributed by atoms with Gasteiger partial charge in [-0.2, -0.15) is 0 Å². The van der Waals surface area contributed by atoms with Gasteiger partial charge in [0.2, 0.25) is 0 Å². The Labute approximate surface area is 170 Å². The van der Waals surface area contributed by atoms with E-state index >= 15 is 0 Å². The number of pyridine rings is 1. The van der Waals surface area contributed by atoms with E-state index in [0.29, 0.717) is 22.5 Å². The van der Waals surface area contributed by atoms with Crippen molar-refractivity contribution in [3.05, 3.63) is 71.7 Å². The number of anilines is 2. The molecule has 0 aliphatic heterocycles. The first kappa shape index (κ1) is 17.6. The van der Waals surface area contributed by atoms with Crippen molar-refractivity contribution in [3.8, 4) is 11.4 Å². The lowest BCUT2D eigenvalue weighted by Gasteiger charge is -2.11. The monoisotopic (exact) mass is 401 g/mol. The summed E-state index contributed by atoms with van der Waals surface area (Å²) in [6.45, 7) is 2.09. The fourth-order valence-corrected chi connectivity index (χ4v) is 4.15. The van der Waals surface area contributed by atoms with Crippen LogP contribution in [0.3, 0.4) is 0 Å². The first-order valence-electron chi connectivity index (χ1n) is 9.24. The van der Waals surface area contributed by atoms with Gasteiger partial charge in [-0.05, 0) is 48.9 Å². The molecule has 0 saturated carbocycles. The molecule has 0 unspecified atom stereocenters.